The molecule has 0 amide bonds. The minimum absolute atomic E-state index is 0.0334. The number of likely N-dealkylation sites (N-methyl/N-ethyl adjacent to an activating group) is 1. The van der Waals surface area contributed by atoms with E-state index in [0.29, 0.717) is 59.3 Å². The molecule has 222 valence electrons. The second-order valence-electron chi connectivity index (χ2n) is 11.4. The van der Waals surface area contributed by atoms with E-state index in [2.05, 4.69) is 44.0 Å². The molecule has 4 aliphatic rings. The monoisotopic (exact) mass is 582 g/mol. The molecule has 0 aliphatic carbocycles. The van der Waals surface area contributed by atoms with Crippen LogP contribution in [0, 0.1) is 11.3 Å². The van der Waals surface area contributed by atoms with E-state index in [1.54, 1.807) is 30.2 Å². The fourth-order valence-corrected chi connectivity index (χ4v) is 6.31. The Balaban J connectivity index is 1.08. The highest BCUT2D eigenvalue weighted by atomic mass is 16.5. The molecule has 8 rings (SSSR count). The zero-order valence-electron chi connectivity index (χ0n) is 24.3. The molecular formula is C30H34N10O3. The Bertz CT molecular complexity index is 1640. The summed E-state index contributed by atoms with van der Waals surface area (Å²) in [5, 5.41) is 14.2. The lowest BCUT2D eigenvalue weighted by Crippen LogP contribution is -2.68. The highest BCUT2D eigenvalue weighted by Crippen LogP contribution is 2.36. The van der Waals surface area contributed by atoms with Crippen LogP contribution in [-0.2, 0) is 11.3 Å². The third-order valence-electron chi connectivity index (χ3n) is 8.57. The average molecular weight is 583 g/mol. The van der Waals surface area contributed by atoms with E-state index in [-0.39, 0.29) is 11.9 Å². The Morgan fingerprint density at radius 1 is 1.12 bits per heavy atom. The normalized spacial score (nSPS) is 22.3. The van der Waals surface area contributed by atoms with Crippen molar-refractivity contribution in [3.8, 4) is 29.0 Å². The number of methoxy groups -OCH3 is 1. The molecule has 0 saturated carbocycles. The van der Waals surface area contributed by atoms with Gasteiger partial charge in [-0.05, 0) is 25.1 Å². The summed E-state index contributed by atoms with van der Waals surface area (Å²) in [7, 11) is 3.70. The molecule has 3 unspecified atom stereocenters. The lowest BCUT2D eigenvalue weighted by atomic mass is 9.87. The fourth-order valence-electron chi connectivity index (χ4n) is 6.31. The van der Waals surface area contributed by atoms with Gasteiger partial charge in [-0.3, -0.25) is 9.88 Å². The van der Waals surface area contributed by atoms with Crippen LogP contribution in [-0.4, -0.2) is 106 Å². The van der Waals surface area contributed by atoms with Gasteiger partial charge in [0.25, 0.3) is 0 Å². The third-order valence-corrected chi connectivity index (χ3v) is 8.57. The van der Waals surface area contributed by atoms with Gasteiger partial charge in [0.1, 0.15) is 35.9 Å². The first-order chi connectivity index (χ1) is 21.0. The van der Waals surface area contributed by atoms with Gasteiger partial charge in [-0.15, -0.1) is 5.10 Å². The summed E-state index contributed by atoms with van der Waals surface area (Å²) in [6, 6.07) is 8.96. The smallest absolute Gasteiger partial charge is 0.212 e. The average Bonchev–Trinajstić information content (AvgIpc) is 3.37. The molecule has 0 radical (unpaired) electrons. The molecule has 13 heteroatoms. The molecule has 4 fully saturated rings. The van der Waals surface area contributed by atoms with E-state index in [4.69, 9.17) is 29.9 Å². The predicted octanol–water partition coefficient (Wildman–Crippen LogP) is 1.82. The van der Waals surface area contributed by atoms with Crippen molar-refractivity contribution in [2.24, 2.45) is 0 Å². The molecule has 2 bridgehead atoms. The lowest BCUT2D eigenvalue weighted by Gasteiger charge is -2.56. The summed E-state index contributed by atoms with van der Waals surface area (Å²) in [5.41, 5.74) is 9.45. The van der Waals surface area contributed by atoms with Crippen molar-refractivity contribution in [3.63, 3.8) is 0 Å². The van der Waals surface area contributed by atoms with Crippen molar-refractivity contribution in [1.29, 1.82) is 5.26 Å². The number of nitriles is 1. The third kappa shape index (κ3) is 5.29. The van der Waals surface area contributed by atoms with E-state index in [9.17, 15) is 5.26 Å². The van der Waals surface area contributed by atoms with Gasteiger partial charge in [0.05, 0.1) is 43.5 Å². The number of ether oxygens (including phenoxy) is 3. The van der Waals surface area contributed by atoms with Crippen molar-refractivity contribution in [3.05, 3.63) is 54.1 Å². The summed E-state index contributed by atoms with van der Waals surface area (Å²) in [5.74, 6) is 2.20. The molecule has 4 aromatic heterocycles. The lowest BCUT2D eigenvalue weighted by molar-refractivity contribution is -0.0404. The number of nitrogens with zero attached hydrogens (tertiary/aromatic N) is 9. The quantitative estimate of drug-likeness (QED) is 0.324. The van der Waals surface area contributed by atoms with Gasteiger partial charge in [-0.25, -0.2) is 14.5 Å². The van der Waals surface area contributed by atoms with Crippen LogP contribution in [0.15, 0.2) is 43.0 Å². The van der Waals surface area contributed by atoms with Gasteiger partial charge in [0.15, 0.2) is 5.82 Å². The Labute approximate surface area is 249 Å². The number of anilines is 2. The molecule has 8 heterocycles. The largest absolute Gasteiger partial charge is 0.489 e. The van der Waals surface area contributed by atoms with Gasteiger partial charge in [0.2, 0.25) is 5.88 Å². The van der Waals surface area contributed by atoms with Crippen LogP contribution in [0.25, 0.3) is 16.8 Å². The molecule has 4 aromatic rings. The van der Waals surface area contributed by atoms with Gasteiger partial charge in [-0.2, -0.15) is 5.26 Å². The second-order valence-corrected chi connectivity index (χ2v) is 11.4. The summed E-state index contributed by atoms with van der Waals surface area (Å²) in [6.45, 7) is 5.42. The highest BCUT2D eigenvalue weighted by molar-refractivity contribution is 5.86. The van der Waals surface area contributed by atoms with Crippen LogP contribution >= 0.6 is 0 Å². The number of rotatable bonds is 8. The first kappa shape index (κ1) is 27.3. The van der Waals surface area contributed by atoms with Crippen molar-refractivity contribution in [2.45, 2.75) is 31.2 Å². The van der Waals surface area contributed by atoms with Crippen LogP contribution in [0.1, 0.15) is 17.5 Å². The Morgan fingerprint density at radius 3 is 2.67 bits per heavy atom. The van der Waals surface area contributed by atoms with Gasteiger partial charge >= 0.3 is 0 Å². The van der Waals surface area contributed by atoms with E-state index in [0.717, 1.165) is 38.5 Å². The molecule has 2 N–H and O–H groups in total. The van der Waals surface area contributed by atoms with Gasteiger partial charge in [0, 0.05) is 62.6 Å². The molecular weight excluding hydrogens is 548 g/mol. The number of fused-ring (bicyclic) bond motifs is 3. The number of nitrogen functional groups attached to an aromatic ring is 1. The Morgan fingerprint density at radius 2 is 1.98 bits per heavy atom. The zero-order chi connectivity index (χ0) is 29.5. The number of pyridine rings is 2. The number of nitrogens with two attached hydrogens (primary N) is 1. The van der Waals surface area contributed by atoms with Crippen molar-refractivity contribution >= 4 is 17.2 Å². The maximum atomic E-state index is 9.83. The molecule has 3 atom stereocenters. The number of piperidine rings is 1. The maximum Gasteiger partial charge on any atom is 0.212 e. The van der Waals surface area contributed by atoms with Crippen LogP contribution in [0.3, 0.4) is 0 Å². The highest BCUT2D eigenvalue weighted by Gasteiger charge is 2.44. The molecule has 4 aliphatic heterocycles. The second kappa shape index (κ2) is 11.3. The minimum atomic E-state index is -0.0334. The SMILES string of the molecule is COc1ccc(CN2C3CC2CN(c2cnc(-c4cc(OCC5CN(C)CCO5)cn5nc(N)c(C#N)c45)cn2)C3)cn1. The summed E-state index contributed by atoms with van der Waals surface area (Å²) >= 11 is 0. The number of morpholine rings is 1. The van der Waals surface area contributed by atoms with Crippen LogP contribution in [0.4, 0.5) is 11.6 Å². The minimum Gasteiger partial charge on any atom is -0.489 e. The molecule has 4 saturated heterocycles. The number of hydrogen-bond donors (Lipinski definition) is 1. The predicted molar refractivity (Wildman–Crippen MR) is 159 cm³/mol. The molecule has 0 spiro atoms. The maximum absolute atomic E-state index is 9.83. The first-order valence-corrected chi connectivity index (χ1v) is 14.5. The van der Waals surface area contributed by atoms with Crippen LogP contribution in [0.5, 0.6) is 11.6 Å². The van der Waals surface area contributed by atoms with E-state index in [1.807, 2.05) is 18.3 Å². The van der Waals surface area contributed by atoms with Crippen LogP contribution < -0.4 is 20.1 Å². The molecule has 13 nitrogen and oxygen atoms in total. The number of hydrogen-bond acceptors (Lipinski definition) is 12. The first-order valence-electron chi connectivity index (χ1n) is 14.5. The van der Waals surface area contributed by atoms with Gasteiger partial charge in [-0.1, -0.05) is 6.07 Å². The standard InChI is InChI=1S/C30H34N10O3/c1-37-5-6-42-23(16-37)18-43-22-8-24(29-25(9-31)30(32)36-40(29)17-22)26-11-34-27(12-33-26)38-14-20-7-21(15-38)39(20)13-19-3-4-28(41-2)35-10-19/h3-4,8,10-12,17,20-21,23H,5-7,13-16,18H2,1-2H3,(H2,32,36). The van der Waals surface area contributed by atoms with E-state index >= 15 is 0 Å². The number of piperazine rings is 1. The molecule has 0 aromatic carbocycles. The topological polar surface area (TPSA) is 143 Å². The Hall–Kier alpha value is -4.51. The van der Waals surface area contributed by atoms with Crippen LogP contribution in [0.2, 0.25) is 0 Å². The van der Waals surface area contributed by atoms with E-state index in [1.165, 1.54) is 12.0 Å². The van der Waals surface area contributed by atoms with Crippen molar-refractivity contribution < 1.29 is 14.2 Å². The summed E-state index contributed by atoms with van der Waals surface area (Å²) in [6.07, 6.45) is 8.32. The Kier molecular flexibility index (Phi) is 7.18. The zero-order valence-corrected chi connectivity index (χ0v) is 24.3. The van der Waals surface area contributed by atoms with Crippen molar-refractivity contribution in [1.82, 2.24) is 34.4 Å². The van der Waals surface area contributed by atoms with Gasteiger partial charge < -0.3 is 29.7 Å². The fraction of sp³-hybridized carbons (Fsp3) is 0.433. The van der Waals surface area contributed by atoms with Crippen molar-refractivity contribution in [2.75, 3.05) is 64.2 Å². The summed E-state index contributed by atoms with van der Waals surface area (Å²) < 4.78 is 18.8. The number of aromatic nitrogens is 5. The molecule has 43 heavy (non-hydrogen) atoms. The summed E-state index contributed by atoms with van der Waals surface area (Å²) in [4.78, 5) is 21.0. The van der Waals surface area contributed by atoms with E-state index < -0.39 is 0 Å².